The van der Waals surface area contributed by atoms with E-state index in [9.17, 15) is 9.59 Å². The van der Waals surface area contributed by atoms with Crippen molar-refractivity contribution in [2.75, 3.05) is 13.1 Å². The topological polar surface area (TPSA) is 79.2 Å². The van der Waals surface area contributed by atoms with Crippen molar-refractivity contribution in [3.63, 3.8) is 0 Å². The Morgan fingerprint density at radius 1 is 1.38 bits per heavy atom. The SMILES string of the molecule is CCN(CC)Cc1ccc(C(N)=O)c(=O)[nH]1. The van der Waals surface area contributed by atoms with Crippen molar-refractivity contribution >= 4 is 5.91 Å². The lowest BCUT2D eigenvalue weighted by Crippen LogP contribution is -2.27. The highest BCUT2D eigenvalue weighted by atomic mass is 16.2. The number of H-pyrrole nitrogens is 1. The molecule has 0 saturated heterocycles. The monoisotopic (exact) mass is 223 g/mol. The third-order valence-electron chi connectivity index (χ3n) is 2.52. The molecule has 1 amide bonds. The molecule has 1 rings (SSSR count). The maximum Gasteiger partial charge on any atom is 0.261 e. The van der Waals surface area contributed by atoms with Gasteiger partial charge < -0.3 is 10.7 Å². The minimum atomic E-state index is -0.698. The molecule has 1 aromatic heterocycles. The Kier molecular flexibility index (Phi) is 4.25. The molecule has 0 unspecified atom stereocenters. The van der Waals surface area contributed by atoms with E-state index in [1.165, 1.54) is 6.07 Å². The van der Waals surface area contributed by atoms with E-state index >= 15 is 0 Å². The Bertz CT molecular complexity index is 421. The molecule has 0 saturated carbocycles. The molecule has 16 heavy (non-hydrogen) atoms. The van der Waals surface area contributed by atoms with Gasteiger partial charge in [-0.3, -0.25) is 14.5 Å². The number of hydrogen-bond acceptors (Lipinski definition) is 3. The van der Waals surface area contributed by atoms with E-state index in [2.05, 4.69) is 23.7 Å². The summed E-state index contributed by atoms with van der Waals surface area (Å²) in [5.74, 6) is -0.698. The first-order chi connectivity index (χ1) is 7.58. The van der Waals surface area contributed by atoms with Crippen molar-refractivity contribution < 1.29 is 4.79 Å². The van der Waals surface area contributed by atoms with Gasteiger partial charge in [-0.25, -0.2) is 0 Å². The Balaban J connectivity index is 2.89. The molecule has 3 N–H and O–H groups in total. The quantitative estimate of drug-likeness (QED) is 0.754. The second kappa shape index (κ2) is 5.46. The Morgan fingerprint density at radius 2 is 2.00 bits per heavy atom. The zero-order chi connectivity index (χ0) is 12.1. The number of aromatic amines is 1. The van der Waals surface area contributed by atoms with Crippen LogP contribution in [0.3, 0.4) is 0 Å². The molecule has 1 heterocycles. The fourth-order valence-corrected chi connectivity index (χ4v) is 1.49. The number of amides is 1. The number of rotatable bonds is 5. The van der Waals surface area contributed by atoms with Crippen molar-refractivity contribution in [3.8, 4) is 0 Å². The molecule has 0 aliphatic rings. The summed E-state index contributed by atoms with van der Waals surface area (Å²) in [4.78, 5) is 27.1. The van der Waals surface area contributed by atoms with Crippen LogP contribution in [0.1, 0.15) is 29.9 Å². The first kappa shape index (κ1) is 12.4. The highest BCUT2D eigenvalue weighted by Gasteiger charge is 2.07. The van der Waals surface area contributed by atoms with Crippen LogP contribution in [-0.4, -0.2) is 28.9 Å². The van der Waals surface area contributed by atoms with E-state index in [0.717, 1.165) is 18.8 Å². The number of pyridine rings is 1. The van der Waals surface area contributed by atoms with Crippen molar-refractivity contribution in [1.29, 1.82) is 0 Å². The van der Waals surface area contributed by atoms with E-state index in [0.29, 0.717) is 6.54 Å². The number of aromatic nitrogens is 1. The summed E-state index contributed by atoms with van der Waals surface area (Å²) in [5, 5.41) is 0. The Morgan fingerprint density at radius 3 is 2.44 bits per heavy atom. The van der Waals surface area contributed by atoms with Crippen LogP contribution in [0.25, 0.3) is 0 Å². The molecule has 0 aliphatic carbocycles. The van der Waals surface area contributed by atoms with Gasteiger partial charge >= 0.3 is 0 Å². The van der Waals surface area contributed by atoms with Gasteiger partial charge in [-0.1, -0.05) is 13.8 Å². The van der Waals surface area contributed by atoms with E-state index < -0.39 is 11.5 Å². The molecule has 0 atom stereocenters. The summed E-state index contributed by atoms with van der Waals surface area (Å²) < 4.78 is 0. The third-order valence-corrected chi connectivity index (χ3v) is 2.52. The third kappa shape index (κ3) is 2.93. The van der Waals surface area contributed by atoms with Gasteiger partial charge in [0.25, 0.3) is 11.5 Å². The number of primary amides is 1. The van der Waals surface area contributed by atoms with Crippen molar-refractivity contribution in [2.45, 2.75) is 20.4 Å². The minimum Gasteiger partial charge on any atom is -0.365 e. The van der Waals surface area contributed by atoms with Crippen LogP contribution in [0, 0.1) is 0 Å². The van der Waals surface area contributed by atoms with E-state index in [-0.39, 0.29) is 5.56 Å². The number of carbonyl (C=O) groups is 1. The summed E-state index contributed by atoms with van der Waals surface area (Å²) in [6.45, 7) is 6.60. The highest BCUT2D eigenvalue weighted by molar-refractivity contribution is 5.92. The summed E-state index contributed by atoms with van der Waals surface area (Å²) in [6, 6.07) is 3.19. The second-order valence-electron chi connectivity index (χ2n) is 3.55. The molecule has 0 bridgehead atoms. The van der Waals surface area contributed by atoms with Crippen molar-refractivity contribution in [2.24, 2.45) is 5.73 Å². The zero-order valence-corrected chi connectivity index (χ0v) is 9.62. The van der Waals surface area contributed by atoms with Crippen LogP contribution in [0.4, 0.5) is 0 Å². The molecule has 0 aromatic carbocycles. The number of nitrogens with zero attached hydrogens (tertiary/aromatic N) is 1. The number of nitrogens with one attached hydrogen (secondary N) is 1. The summed E-state index contributed by atoms with van der Waals surface area (Å²) in [7, 11) is 0. The minimum absolute atomic E-state index is 0.00305. The van der Waals surface area contributed by atoms with Gasteiger partial charge in [0, 0.05) is 12.2 Å². The molecule has 5 heteroatoms. The molecular weight excluding hydrogens is 206 g/mol. The molecule has 5 nitrogen and oxygen atoms in total. The first-order valence-electron chi connectivity index (χ1n) is 5.32. The highest BCUT2D eigenvalue weighted by Crippen LogP contribution is 2.00. The fraction of sp³-hybridized carbons (Fsp3) is 0.455. The van der Waals surface area contributed by atoms with Crippen molar-refractivity contribution in [3.05, 3.63) is 33.7 Å². The van der Waals surface area contributed by atoms with Crippen LogP contribution in [0.5, 0.6) is 0 Å². The normalized spacial score (nSPS) is 10.7. The first-order valence-corrected chi connectivity index (χ1v) is 5.32. The predicted molar refractivity (Wildman–Crippen MR) is 62.2 cm³/mol. The van der Waals surface area contributed by atoms with Gasteiger partial charge in [-0.05, 0) is 25.2 Å². The second-order valence-corrected chi connectivity index (χ2v) is 3.55. The number of hydrogen-bond donors (Lipinski definition) is 2. The zero-order valence-electron chi connectivity index (χ0n) is 9.62. The smallest absolute Gasteiger partial charge is 0.261 e. The average molecular weight is 223 g/mol. The Hall–Kier alpha value is -1.62. The van der Waals surface area contributed by atoms with Crippen LogP contribution < -0.4 is 11.3 Å². The number of nitrogens with two attached hydrogens (primary N) is 1. The lowest BCUT2D eigenvalue weighted by molar-refractivity contribution is 0.0999. The molecule has 1 aromatic rings. The summed E-state index contributed by atoms with van der Waals surface area (Å²) in [6.07, 6.45) is 0. The van der Waals surface area contributed by atoms with Crippen LogP contribution in [0.15, 0.2) is 16.9 Å². The fourth-order valence-electron chi connectivity index (χ4n) is 1.49. The van der Waals surface area contributed by atoms with Crippen LogP contribution in [0.2, 0.25) is 0 Å². The standard InChI is InChI=1S/C11H17N3O2/c1-3-14(4-2)7-8-5-6-9(10(12)15)11(16)13-8/h5-6H,3-4,7H2,1-2H3,(H2,12,15)(H,13,16). The summed E-state index contributed by atoms with van der Waals surface area (Å²) in [5.41, 5.74) is 5.42. The van der Waals surface area contributed by atoms with Gasteiger partial charge in [0.2, 0.25) is 0 Å². The van der Waals surface area contributed by atoms with Crippen LogP contribution in [-0.2, 0) is 6.54 Å². The van der Waals surface area contributed by atoms with Crippen LogP contribution >= 0.6 is 0 Å². The van der Waals surface area contributed by atoms with E-state index in [1.807, 2.05) is 0 Å². The lowest BCUT2D eigenvalue weighted by atomic mass is 10.2. The van der Waals surface area contributed by atoms with Gasteiger partial charge in [-0.2, -0.15) is 0 Å². The molecule has 0 radical (unpaired) electrons. The molecular formula is C11H17N3O2. The van der Waals surface area contributed by atoms with Crippen molar-refractivity contribution in [1.82, 2.24) is 9.88 Å². The lowest BCUT2D eigenvalue weighted by Gasteiger charge is -2.17. The summed E-state index contributed by atoms with van der Waals surface area (Å²) >= 11 is 0. The van der Waals surface area contributed by atoms with E-state index in [4.69, 9.17) is 5.73 Å². The van der Waals surface area contributed by atoms with Gasteiger partial charge in [0.1, 0.15) is 5.56 Å². The number of carbonyl (C=O) groups excluding carboxylic acids is 1. The molecule has 0 fully saturated rings. The largest absolute Gasteiger partial charge is 0.365 e. The molecule has 88 valence electrons. The van der Waals surface area contributed by atoms with Gasteiger partial charge in [-0.15, -0.1) is 0 Å². The maximum absolute atomic E-state index is 11.5. The predicted octanol–water partition coefficient (Wildman–Crippen LogP) is 0.316. The Labute approximate surface area is 94.3 Å². The maximum atomic E-state index is 11.5. The van der Waals surface area contributed by atoms with Gasteiger partial charge in [0.15, 0.2) is 0 Å². The molecule has 0 aliphatic heterocycles. The molecule has 0 spiro atoms. The van der Waals surface area contributed by atoms with Gasteiger partial charge in [0.05, 0.1) is 0 Å². The van der Waals surface area contributed by atoms with E-state index in [1.54, 1.807) is 6.07 Å². The average Bonchev–Trinajstić information content (AvgIpc) is 2.25.